The number of carbonyl (C=O) groups is 1. The maximum Gasteiger partial charge on any atom is 0.328 e. The molecule has 0 aliphatic carbocycles. The number of halogens is 1. The maximum atomic E-state index is 13.3. The fourth-order valence-electron chi connectivity index (χ4n) is 2.10. The third kappa shape index (κ3) is 4.25. The highest BCUT2D eigenvalue weighted by Crippen LogP contribution is 2.16. The third-order valence-electron chi connectivity index (χ3n) is 3.18. The van der Waals surface area contributed by atoms with E-state index in [-0.39, 0.29) is 0 Å². The van der Waals surface area contributed by atoms with Crippen molar-refractivity contribution in [1.82, 2.24) is 4.90 Å². The lowest BCUT2D eigenvalue weighted by molar-refractivity contribution is -0.131. The summed E-state index contributed by atoms with van der Waals surface area (Å²) in [7, 11) is -0.731. The van der Waals surface area contributed by atoms with Gasteiger partial charge >= 0.3 is 5.97 Å². The summed E-state index contributed by atoms with van der Waals surface area (Å²) in [6, 6.07) is 4.37. The predicted molar refractivity (Wildman–Crippen MR) is 76.2 cm³/mol. The molecule has 1 fully saturated rings. The molecule has 1 saturated heterocycles. The zero-order valence-corrected chi connectivity index (χ0v) is 11.7. The second kappa shape index (κ2) is 6.76. The molecule has 1 N–H and O–H groups in total. The highest BCUT2D eigenvalue weighted by molar-refractivity contribution is 7.85. The van der Waals surface area contributed by atoms with E-state index >= 15 is 0 Å². The molecular weight excluding hydrogens is 281 g/mol. The van der Waals surface area contributed by atoms with Gasteiger partial charge in [0.05, 0.1) is 0 Å². The zero-order chi connectivity index (χ0) is 14.5. The zero-order valence-electron chi connectivity index (χ0n) is 10.9. The fourth-order valence-corrected chi connectivity index (χ4v) is 3.23. The molecule has 20 heavy (non-hydrogen) atoms. The third-order valence-corrected chi connectivity index (χ3v) is 4.45. The first-order chi connectivity index (χ1) is 9.54. The molecule has 1 aromatic carbocycles. The number of benzene rings is 1. The van der Waals surface area contributed by atoms with Crippen LogP contribution in [0.4, 0.5) is 4.39 Å². The summed E-state index contributed by atoms with van der Waals surface area (Å²) in [6.07, 6.45) is 2.41. The first kappa shape index (κ1) is 14.9. The standard InChI is InChI=1S/C14H16FNO3S/c15-13-3-1-12(11(9-13)2-4-14(17)18)10-16-5-7-20(19)8-6-16/h1-4,9H,5-8,10H2,(H,17,18). The second-order valence-electron chi connectivity index (χ2n) is 4.64. The van der Waals surface area contributed by atoms with Gasteiger partial charge in [-0.2, -0.15) is 0 Å². The second-order valence-corrected chi connectivity index (χ2v) is 6.34. The molecule has 0 amide bonds. The van der Waals surface area contributed by atoms with Crippen LogP contribution in [0.3, 0.4) is 0 Å². The van der Waals surface area contributed by atoms with Crippen LogP contribution in [0.15, 0.2) is 24.3 Å². The summed E-state index contributed by atoms with van der Waals surface area (Å²) in [4.78, 5) is 12.7. The van der Waals surface area contributed by atoms with Crippen molar-refractivity contribution in [2.24, 2.45) is 0 Å². The molecule has 0 saturated carbocycles. The van der Waals surface area contributed by atoms with Crippen molar-refractivity contribution in [2.45, 2.75) is 6.54 Å². The minimum Gasteiger partial charge on any atom is -0.478 e. The Labute approximate surface area is 119 Å². The lowest BCUT2D eigenvalue weighted by Gasteiger charge is -2.26. The van der Waals surface area contributed by atoms with Gasteiger partial charge in [-0.15, -0.1) is 0 Å². The maximum absolute atomic E-state index is 13.3. The van der Waals surface area contributed by atoms with E-state index in [0.29, 0.717) is 23.6 Å². The van der Waals surface area contributed by atoms with Gasteiger partial charge in [-0.05, 0) is 29.3 Å². The molecule has 0 spiro atoms. The molecule has 1 aliphatic heterocycles. The van der Waals surface area contributed by atoms with Gasteiger partial charge < -0.3 is 5.11 Å². The number of hydrogen-bond donors (Lipinski definition) is 1. The van der Waals surface area contributed by atoms with Crippen molar-refractivity contribution >= 4 is 22.8 Å². The molecule has 0 unspecified atom stereocenters. The topological polar surface area (TPSA) is 57.6 Å². The Bertz CT molecular complexity index is 549. The van der Waals surface area contributed by atoms with Crippen molar-refractivity contribution in [3.8, 4) is 0 Å². The summed E-state index contributed by atoms with van der Waals surface area (Å²) in [5.74, 6) is -0.143. The minimum atomic E-state index is -1.06. The number of aliphatic carboxylic acids is 1. The van der Waals surface area contributed by atoms with Gasteiger partial charge in [0.15, 0.2) is 0 Å². The van der Waals surface area contributed by atoms with Crippen LogP contribution in [0, 0.1) is 5.82 Å². The van der Waals surface area contributed by atoms with Crippen LogP contribution < -0.4 is 0 Å². The van der Waals surface area contributed by atoms with Crippen LogP contribution in [-0.4, -0.2) is 44.8 Å². The van der Waals surface area contributed by atoms with Gasteiger partial charge in [0.25, 0.3) is 0 Å². The first-order valence-electron chi connectivity index (χ1n) is 6.31. The molecule has 4 nitrogen and oxygen atoms in total. The molecule has 108 valence electrons. The van der Waals surface area contributed by atoms with Crippen LogP contribution in [0.2, 0.25) is 0 Å². The van der Waals surface area contributed by atoms with E-state index in [4.69, 9.17) is 5.11 Å². The van der Waals surface area contributed by atoms with Gasteiger partial charge in [0.1, 0.15) is 5.82 Å². The summed E-state index contributed by atoms with van der Waals surface area (Å²) in [5.41, 5.74) is 1.44. The van der Waals surface area contributed by atoms with E-state index in [1.54, 1.807) is 6.07 Å². The Balaban J connectivity index is 2.14. The average molecular weight is 297 g/mol. The van der Waals surface area contributed by atoms with Gasteiger partial charge in [-0.1, -0.05) is 6.07 Å². The molecular formula is C14H16FNO3S. The van der Waals surface area contributed by atoms with E-state index in [0.717, 1.165) is 24.7 Å². The van der Waals surface area contributed by atoms with Crippen LogP contribution in [-0.2, 0) is 22.1 Å². The first-order valence-corrected chi connectivity index (χ1v) is 7.80. The average Bonchev–Trinajstić information content (AvgIpc) is 2.41. The lowest BCUT2D eigenvalue weighted by atomic mass is 10.1. The summed E-state index contributed by atoms with van der Waals surface area (Å²) < 4.78 is 24.6. The van der Waals surface area contributed by atoms with Crippen molar-refractivity contribution in [3.05, 3.63) is 41.2 Å². The van der Waals surface area contributed by atoms with E-state index < -0.39 is 22.6 Å². The van der Waals surface area contributed by atoms with Crippen LogP contribution in [0.1, 0.15) is 11.1 Å². The van der Waals surface area contributed by atoms with Gasteiger partial charge in [-0.25, -0.2) is 9.18 Å². The monoisotopic (exact) mass is 297 g/mol. The van der Waals surface area contributed by atoms with Crippen LogP contribution >= 0.6 is 0 Å². The molecule has 6 heteroatoms. The van der Waals surface area contributed by atoms with Gasteiger partial charge in [0, 0.05) is 48.0 Å². The number of hydrogen-bond acceptors (Lipinski definition) is 3. The summed E-state index contributed by atoms with van der Waals surface area (Å²) in [6.45, 7) is 2.09. The molecule has 0 atom stereocenters. The molecule has 0 bridgehead atoms. The number of nitrogens with zero attached hydrogens (tertiary/aromatic N) is 1. The van der Waals surface area contributed by atoms with Crippen molar-refractivity contribution < 1.29 is 18.5 Å². The van der Waals surface area contributed by atoms with Crippen molar-refractivity contribution in [2.75, 3.05) is 24.6 Å². The van der Waals surface area contributed by atoms with E-state index in [9.17, 15) is 13.4 Å². The molecule has 1 aromatic rings. The summed E-state index contributed by atoms with van der Waals surface area (Å²) >= 11 is 0. The quantitative estimate of drug-likeness (QED) is 0.856. The molecule has 0 aromatic heterocycles. The summed E-state index contributed by atoms with van der Waals surface area (Å²) in [5, 5.41) is 8.66. The van der Waals surface area contributed by atoms with Crippen molar-refractivity contribution in [3.63, 3.8) is 0 Å². The minimum absolute atomic E-state index is 0.390. The smallest absolute Gasteiger partial charge is 0.328 e. The largest absolute Gasteiger partial charge is 0.478 e. The molecule has 0 radical (unpaired) electrons. The Morgan fingerprint density at radius 1 is 1.40 bits per heavy atom. The van der Waals surface area contributed by atoms with E-state index in [2.05, 4.69) is 4.90 Å². The number of carboxylic acids is 1. The highest BCUT2D eigenvalue weighted by atomic mass is 32.2. The number of rotatable bonds is 4. The normalized spacial score (nSPS) is 17.6. The van der Waals surface area contributed by atoms with E-state index in [1.807, 2.05) is 0 Å². The fraction of sp³-hybridized carbons (Fsp3) is 0.357. The Morgan fingerprint density at radius 3 is 2.75 bits per heavy atom. The van der Waals surface area contributed by atoms with Crippen LogP contribution in [0.25, 0.3) is 6.08 Å². The number of carboxylic acid groups (broad SMARTS) is 1. The Morgan fingerprint density at radius 2 is 2.10 bits per heavy atom. The van der Waals surface area contributed by atoms with Crippen molar-refractivity contribution in [1.29, 1.82) is 0 Å². The Hall–Kier alpha value is -1.53. The Kier molecular flexibility index (Phi) is 5.03. The lowest BCUT2D eigenvalue weighted by Crippen LogP contribution is -2.37. The van der Waals surface area contributed by atoms with E-state index in [1.165, 1.54) is 18.2 Å². The highest BCUT2D eigenvalue weighted by Gasteiger charge is 2.16. The van der Waals surface area contributed by atoms with Gasteiger partial charge in [-0.3, -0.25) is 9.11 Å². The molecule has 2 rings (SSSR count). The van der Waals surface area contributed by atoms with Gasteiger partial charge in [0.2, 0.25) is 0 Å². The molecule has 1 aliphatic rings. The predicted octanol–water partition coefficient (Wildman–Crippen LogP) is 1.49. The molecule has 1 heterocycles. The SMILES string of the molecule is O=C(O)C=Cc1cc(F)ccc1CN1CCS(=O)CC1. The van der Waals surface area contributed by atoms with Crippen LogP contribution in [0.5, 0.6) is 0 Å².